The van der Waals surface area contributed by atoms with Crippen LogP contribution in [0.2, 0.25) is 10.0 Å². The zero-order chi connectivity index (χ0) is 15.5. The fourth-order valence-electron chi connectivity index (χ4n) is 1.89. The summed E-state index contributed by atoms with van der Waals surface area (Å²) in [4.78, 5) is 11.9. The number of nitrogens with one attached hydrogen (secondary N) is 1. The van der Waals surface area contributed by atoms with Crippen molar-refractivity contribution >= 4 is 46.5 Å². The summed E-state index contributed by atoms with van der Waals surface area (Å²) in [5.41, 5.74) is 2.07. The van der Waals surface area contributed by atoms with Crippen LogP contribution in [-0.2, 0) is 4.79 Å². The monoisotopic (exact) mass is 332 g/mol. The molecule has 0 saturated heterocycles. The second-order valence-corrected chi connectivity index (χ2v) is 5.35. The van der Waals surface area contributed by atoms with Gasteiger partial charge in [-0.2, -0.15) is 0 Å². The lowest BCUT2D eigenvalue weighted by atomic mass is 10.2. The number of halogens is 2. The van der Waals surface area contributed by atoms with Gasteiger partial charge >= 0.3 is 0 Å². The summed E-state index contributed by atoms with van der Waals surface area (Å²) in [6, 6.07) is 8.61. The second-order valence-electron chi connectivity index (χ2n) is 4.50. The molecule has 5 nitrogen and oxygen atoms in total. The van der Waals surface area contributed by atoms with Gasteiger partial charge in [0.25, 0.3) is 0 Å². The lowest BCUT2D eigenvalue weighted by molar-refractivity contribution is -0.111. The smallest absolute Gasteiger partial charge is 0.248 e. The molecule has 110 valence electrons. The maximum absolute atomic E-state index is 11.9. The number of amides is 1. The minimum atomic E-state index is -0.265. The second kappa shape index (κ2) is 6.17. The summed E-state index contributed by atoms with van der Waals surface area (Å²) < 4.78 is 1.72. The molecule has 1 aromatic carbocycles. The van der Waals surface area contributed by atoms with Crippen molar-refractivity contribution < 1.29 is 4.79 Å². The van der Waals surface area contributed by atoms with Crippen molar-refractivity contribution in [3.05, 3.63) is 64.5 Å². The molecule has 0 aliphatic rings. The van der Waals surface area contributed by atoms with Gasteiger partial charge in [-0.1, -0.05) is 29.3 Å². The van der Waals surface area contributed by atoms with Crippen LogP contribution in [0.4, 0.5) is 5.69 Å². The van der Waals surface area contributed by atoms with Crippen LogP contribution in [0.1, 0.15) is 5.56 Å². The number of anilines is 1. The minimum Gasteiger partial charge on any atom is -0.321 e. The van der Waals surface area contributed by atoms with Crippen LogP contribution in [0.5, 0.6) is 0 Å². The number of aromatic nitrogens is 3. The SMILES string of the molecule is O=C(/C=C/c1ccc(Cl)cc1Cl)Nc1ccc2nncn2c1. The lowest BCUT2D eigenvalue weighted by Crippen LogP contribution is -2.08. The van der Waals surface area contributed by atoms with E-state index in [1.165, 1.54) is 6.08 Å². The van der Waals surface area contributed by atoms with Crippen LogP contribution in [-0.4, -0.2) is 20.5 Å². The molecule has 0 radical (unpaired) electrons. The molecule has 22 heavy (non-hydrogen) atoms. The fourth-order valence-corrected chi connectivity index (χ4v) is 2.36. The van der Waals surface area contributed by atoms with Gasteiger partial charge in [0.05, 0.1) is 5.69 Å². The Morgan fingerprint density at radius 3 is 2.91 bits per heavy atom. The summed E-state index contributed by atoms with van der Waals surface area (Å²) in [6.07, 6.45) is 6.33. The van der Waals surface area contributed by atoms with E-state index in [9.17, 15) is 4.79 Å². The Morgan fingerprint density at radius 2 is 2.09 bits per heavy atom. The zero-order valence-electron chi connectivity index (χ0n) is 11.2. The summed E-state index contributed by atoms with van der Waals surface area (Å²) >= 11 is 11.9. The molecule has 0 aliphatic carbocycles. The van der Waals surface area contributed by atoms with Crippen molar-refractivity contribution in [3.8, 4) is 0 Å². The van der Waals surface area contributed by atoms with E-state index < -0.39 is 0 Å². The fraction of sp³-hybridized carbons (Fsp3) is 0. The summed E-state index contributed by atoms with van der Waals surface area (Å²) in [5.74, 6) is -0.265. The molecule has 0 atom stereocenters. The Labute approximate surface area is 136 Å². The van der Waals surface area contributed by atoms with E-state index in [0.29, 0.717) is 21.4 Å². The van der Waals surface area contributed by atoms with Gasteiger partial charge in [-0.05, 0) is 35.9 Å². The van der Waals surface area contributed by atoms with Crippen molar-refractivity contribution in [3.63, 3.8) is 0 Å². The third-order valence-electron chi connectivity index (χ3n) is 2.94. The molecule has 0 fully saturated rings. The molecule has 2 heterocycles. The van der Waals surface area contributed by atoms with Gasteiger partial charge in [0.1, 0.15) is 6.33 Å². The molecular formula is C15H10Cl2N4O. The van der Waals surface area contributed by atoms with E-state index in [2.05, 4.69) is 15.5 Å². The Balaban J connectivity index is 1.72. The Morgan fingerprint density at radius 1 is 1.23 bits per heavy atom. The van der Waals surface area contributed by atoms with E-state index in [4.69, 9.17) is 23.2 Å². The van der Waals surface area contributed by atoms with Gasteiger partial charge in [0.2, 0.25) is 5.91 Å². The van der Waals surface area contributed by atoms with Crippen molar-refractivity contribution in [2.45, 2.75) is 0 Å². The third-order valence-corrected chi connectivity index (χ3v) is 3.50. The van der Waals surface area contributed by atoms with E-state index in [1.54, 1.807) is 53.3 Å². The number of fused-ring (bicyclic) bond motifs is 1. The predicted molar refractivity (Wildman–Crippen MR) is 87.1 cm³/mol. The van der Waals surface area contributed by atoms with Gasteiger partial charge in [0.15, 0.2) is 5.65 Å². The highest BCUT2D eigenvalue weighted by atomic mass is 35.5. The molecule has 0 aliphatic heterocycles. The van der Waals surface area contributed by atoms with Crippen molar-refractivity contribution in [1.82, 2.24) is 14.6 Å². The summed E-state index contributed by atoms with van der Waals surface area (Å²) in [7, 11) is 0. The zero-order valence-corrected chi connectivity index (χ0v) is 12.7. The standard InChI is InChI=1S/C15H10Cl2N4O/c16-11-3-1-10(13(17)7-11)2-6-15(22)19-12-4-5-14-20-18-9-21(14)8-12/h1-9H,(H,19,22)/b6-2+. The van der Waals surface area contributed by atoms with Crippen LogP contribution in [0.3, 0.4) is 0 Å². The van der Waals surface area contributed by atoms with Gasteiger partial charge in [0, 0.05) is 22.3 Å². The molecule has 1 N–H and O–H groups in total. The topological polar surface area (TPSA) is 59.3 Å². The number of carbonyl (C=O) groups is 1. The van der Waals surface area contributed by atoms with Crippen LogP contribution < -0.4 is 5.32 Å². The molecule has 1 amide bonds. The molecule has 0 unspecified atom stereocenters. The first-order valence-corrected chi connectivity index (χ1v) is 7.11. The van der Waals surface area contributed by atoms with Crippen LogP contribution >= 0.6 is 23.2 Å². The molecule has 2 aromatic heterocycles. The third kappa shape index (κ3) is 3.27. The highest BCUT2D eigenvalue weighted by Crippen LogP contribution is 2.22. The maximum Gasteiger partial charge on any atom is 0.248 e. The molecular weight excluding hydrogens is 323 g/mol. The largest absolute Gasteiger partial charge is 0.321 e. The van der Waals surface area contributed by atoms with E-state index >= 15 is 0 Å². The molecule has 0 saturated carbocycles. The lowest BCUT2D eigenvalue weighted by Gasteiger charge is -2.03. The van der Waals surface area contributed by atoms with Gasteiger partial charge in [-0.3, -0.25) is 9.20 Å². The Kier molecular flexibility index (Phi) is 4.09. The average Bonchev–Trinajstić information content (AvgIpc) is 2.94. The maximum atomic E-state index is 11.9. The van der Waals surface area contributed by atoms with E-state index in [1.807, 2.05) is 0 Å². The van der Waals surface area contributed by atoms with Crippen molar-refractivity contribution in [2.75, 3.05) is 5.32 Å². The average molecular weight is 333 g/mol. The van der Waals surface area contributed by atoms with E-state index in [0.717, 1.165) is 5.56 Å². The van der Waals surface area contributed by atoms with Gasteiger partial charge < -0.3 is 5.32 Å². The first kappa shape index (κ1) is 14.6. The first-order chi connectivity index (χ1) is 10.6. The van der Waals surface area contributed by atoms with Crippen molar-refractivity contribution in [1.29, 1.82) is 0 Å². The van der Waals surface area contributed by atoms with Gasteiger partial charge in [-0.25, -0.2) is 0 Å². The first-order valence-electron chi connectivity index (χ1n) is 6.35. The molecule has 0 spiro atoms. The number of pyridine rings is 1. The Bertz CT molecular complexity index is 873. The highest BCUT2D eigenvalue weighted by molar-refractivity contribution is 6.35. The normalized spacial score (nSPS) is 11.2. The number of benzene rings is 1. The summed E-state index contributed by atoms with van der Waals surface area (Å²) in [6.45, 7) is 0. The van der Waals surface area contributed by atoms with Crippen molar-refractivity contribution in [2.24, 2.45) is 0 Å². The van der Waals surface area contributed by atoms with Gasteiger partial charge in [-0.15, -0.1) is 10.2 Å². The van der Waals surface area contributed by atoms with E-state index in [-0.39, 0.29) is 5.91 Å². The highest BCUT2D eigenvalue weighted by Gasteiger charge is 2.02. The number of hydrogen-bond donors (Lipinski definition) is 1. The molecule has 3 aromatic rings. The molecule has 7 heteroatoms. The van der Waals surface area contributed by atoms with Crippen LogP contribution in [0.15, 0.2) is 48.9 Å². The molecule has 0 bridgehead atoms. The Hall–Kier alpha value is -2.37. The summed E-state index contributed by atoms with van der Waals surface area (Å²) in [5, 5.41) is 11.5. The van der Waals surface area contributed by atoms with Crippen LogP contribution in [0, 0.1) is 0 Å². The number of carbonyl (C=O) groups excluding carboxylic acids is 1. The van der Waals surface area contributed by atoms with Crippen LogP contribution in [0.25, 0.3) is 11.7 Å². The molecule has 3 rings (SSSR count). The number of hydrogen-bond acceptors (Lipinski definition) is 3. The minimum absolute atomic E-state index is 0.265. The number of nitrogens with zero attached hydrogens (tertiary/aromatic N) is 3. The quantitative estimate of drug-likeness (QED) is 0.744. The number of rotatable bonds is 3. The predicted octanol–water partition coefficient (Wildman–Crippen LogP) is 3.69.